The lowest BCUT2D eigenvalue weighted by molar-refractivity contribution is -0.135. The molecule has 1 aliphatic heterocycles. The fourth-order valence-electron chi connectivity index (χ4n) is 2.88. The Bertz CT molecular complexity index is 518. The summed E-state index contributed by atoms with van der Waals surface area (Å²) < 4.78 is 33.1. The number of ether oxygens (including phenoxy) is 1. The van der Waals surface area contributed by atoms with E-state index in [1.165, 1.54) is 17.1 Å². The van der Waals surface area contributed by atoms with Gasteiger partial charge in [0.25, 0.3) is 10.2 Å². The van der Waals surface area contributed by atoms with Gasteiger partial charge in [0, 0.05) is 26.2 Å². The third-order valence-corrected chi connectivity index (χ3v) is 5.93. The van der Waals surface area contributed by atoms with Gasteiger partial charge in [0.2, 0.25) is 0 Å². The van der Waals surface area contributed by atoms with Crippen LogP contribution >= 0.6 is 0 Å². The van der Waals surface area contributed by atoms with Crippen molar-refractivity contribution in [3.63, 3.8) is 0 Å². The number of carbonyl (C=O) groups is 1. The fraction of sp³-hybridized carbons (Fsp3) is 0.824. The number of likely N-dealkylation sites (N-methyl/N-ethyl adjacent to an activating group) is 1. The first kappa shape index (κ1) is 23.0. The van der Waals surface area contributed by atoms with Crippen LogP contribution in [-0.2, 0) is 19.7 Å². The molecule has 0 aliphatic carbocycles. The zero-order chi connectivity index (χ0) is 19.4. The molecule has 1 heterocycles. The van der Waals surface area contributed by atoms with E-state index < -0.39 is 22.7 Å². The van der Waals surface area contributed by atoms with E-state index >= 15 is 0 Å². The van der Waals surface area contributed by atoms with Crippen LogP contribution in [0.1, 0.15) is 38.5 Å². The van der Waals surface area contributed by atoms with Gasteiger partial charge >= 0.3 is 5.97 Å². The molecule has 9 heteroatoms. The van der Waals surface area contributed by atoms with E-state index in [0.717, 1.165) is 25.9 Å². The van der Waals surface area contributed by atoms with Crippen molar-refractivity contribution in [2.45, 2.75) is 44.6 Å². The summed E-state index contributed by atoms with van der Waals surface area (Å²) in [6.07, 6.45) is 7.77. The summed E-state index contributed by atoms with van der Waals surface area (Å²) >= 11 is 0. The van der Waals surface area contributed by atoms with Gasteiger partial charge in [0.05, 0.1) is 6.10 Å². The van der Waals surface area contributed by atoms with Crippen molar-refractivity contribution in [1.29, 1.82) is 0 Å². The summed E-state index contributed by atoms with van der Waals surface area (Å²) in [5.41, 5.74) is 0. The molecule has 2 N–H and O–H groups in total. The van der Waals surface area contributed by atoms with Gasteiger partial charge in [-0.25, -0.2) is 0 Å². The van der Waals surface area contributed by atoms with E-state index in [9.17, 15) is 13.2 Å². The second kappa shape index (κ2) is 12.4. The molecular formula is C17H33N3O5S. The minimum atomic E-state index is -3.71. The number of aliphatic carboxylic acids is 1. The Kier molecular flexibility index (Phi) is 11.0. The van der Waals surface area contributed by atoms with Gasteiger partial charge in [0.15, 0.2) is 0 Å². The Labute approximate surface area is 157 Å². The highest BCUT2D eigenvalue weighted by Crippen LogP contribution is 2.16. The largest absolute Gasteiger partial charge is 0.480 e. The number of carboxylic acid groups (broad SMARTS) is 1. The van der Waals surface area contributed by atoms with Crippen molar-refractivity contribution in [1.82, 2.24) is 13.9 Å². The number of hydrogen-bond donors (Lipinski definition) is 2. The zero-order valence-electron chi connectivity index (χ0n) is 15.7. The summed E-state index contributed by atoms with van der Waals surface area (Å²) in [7, 11) is -1.62. The number of carboxylic acids is 1. The van der Waals surface area contributed by atoms with Gasteiger partial charge < -0.3 is 14.7 Å². The summed E-state index contributed by atoms with van der Waals surface area (Å²) in [5.74, 6) is -1.20. The monoisotopic (exact) mass is 391 g/mol. The molecule has 0 aromatic heterocycles. The Morgan fingerprint density at radius 2 is 1.96 bits per heavy atom. The maximum absolute atomic E-state index is 11.9. The summed E-state index contributed by atoms with van der Waals surface area (Å²) in [5, 5.41) is 8.57. The first-order valence-electron chi connectivity index (χ1n) is 9.22. The Hall–Kier alpha value is -1.00. The summed E-state index contributed by atoms with van der Waals surface area (Å²) in [6.45, 7) is 6.55. The lowest BCUT2D eigenvalue weighted by Crippen LogP contribution is -2.47. The Balaban J connectivity index is 2.08. The van der Waals surface area contributed by atoms with Gasteiger partial charge in [-0.3, -0.25) is 4.79 Å². The minimum Gasteiger partial charge on any atom is -0.480 e. The molecule has 0 bridgehead atoms. The smallest absolute Gasteiger partial charge is 0.318 e. The molecule has 0 unspecified atom stereocenters. The van der Waals surface area contributed by atoms with Crippen LogP contribution in [0.4, 0.5) is 0 Å². The van der Waals surface area contributed by atoms with Crippen LogP contribution in [0.15, 0.2) is 12.7 Å². The summed E-state index contributed by atoms with van der Waals surface area (Å²) in [6, 6.07) is 0. The zero-order valence-corrected chi connectivity index (χ0v) is 16.5. The van der Waals surface area contributed by atoms with Crippen molar-refractivity contribution >= 4 is 16.2 Å². The van der Waals surface area contributed by atoms with Crippen LogP contribution in [0.2, 0.25) is 0 Å². The topological polar surface area (TPSA) is 99.2 Å². The van der Waals surface area contributed by atoms with E-state index in [-0.39, 0.29) is 6.10 Å². The van der Waals surface area contributed by atoms with Gasteiger partial charge in [-0.2, -0.15) is 17.4 Å². The van der Waals surface area contributed by atoms with Crippen molar-refractivity contribution in [3.05, 3.63) is 12.7 Å². The Morgan fingerprint density at radius 3 is 2.58 bits per heavy atom. The van der Waals surface area contributed by atoms with Crippen molar-refractivity contribution in [3.8, 4) is 0 Å². The third-order valence-electron chi connectivity index (χ3n) is 4.38. The molecule has 0 spiro atoms. The van der Waals surface area contributed by atoms with Crippen LogP contribution in [0.5, 0.6) is 0 Å². The fourth-order valence-corrected chi connectivity index (χ4v) is 4.06. The number of nitrogens with one attached hydrogen (secondary N) is 1. The number of hydrogen-bond acceptors (Lipinski definition) is 5. The molecule has 0 saturated carbocycles. The minimum absolute atomic E-state index is 0.0830. The van der Waals surface area contributed by atoms with Crippen molar-refractivity contribution < 1.29 is 23.1 Å². The van der Waals surface area contributed by atoms with E-state index in [1.54, 1.807) is 0 Å². The average Bonchev–Trinajstić information content (AvgIpc) is 2.60. The number of unbranched alkanes of at least 4 members (excludes halogenated alkanes) is 3. The highest BCUT2D eigenvalue weighted by Gasteiger charge is 2.28. The van der Waals surface area contributed by atoms with Gasteiger partial charge in [0.1, 0.15) is 6.54 Å². The van der Waals surface area contributed by atoms with Crippen LogP contribution in [0.3, 0.4) is 0 Å². The molecule has 0 atom stereocenters. The molecule has 26 heavy (non-hydrogen) atoms. The van der Waals surface area contributed by atoms with E-state index in [4.69, 9.17) is 9.84 Å². The highest BCUT2D eigenvalue weighted by molar-refractivity contribution is 7.87. The van der Waals surface area contributed by atoms with Crippen LogP contribution < -0.4 is 4.72 Å². The molecule has 1 saturated heterocycles. The normalized spacial score (nSPS) is 16.8. The van der Waals surface area contributed by atoms with Crippen LogP contribution in [0, 0.1) is 0 Å². The molecule has 1 rings (SSSR count). The molecule has 0 radical (unpaired) electrons. The van der Waals surface area contributed by atoms with E-state index in [2.05, 4.69) is 23.2 Å². The maximum atomic E-state index is 11.9. The predicted molar refractivity (Wildman–Crippen MR) is 101 cm³/mol. The predicted octanol–water partition coefficient (Wildman–Crippen LogP) is 1.06. The standard InChI is InChI=1S/C17H33N3O5S/c1-3-10-19(2)11-6-4-5-7-14-25-16-8-12-20(13-9-16)26(23,24)18-15-17(21)22/h3,16,18H,1,4-15H2,2H3,(H,21,22). The van der Waals surface area contributed by atoms with Gasteiger partial charge in [-0.15, -0.1) is 6.58 Å². The molecular weight excluding hydrogens is 358 g/mol. The molecule has 1 aliphatic rings. The molecule has 1 fully saturated rings. The van der Waals surface area contributed by atoms with Crippen molar-refractivity contribution in [2.75, 3.05) is 46.4 Å². The first-order chi connectivity index (χ1) is 12.3. The maximum Gasteiger partial charge on any atom is 0.318 e. The van der Waals surface area contributed by atoms with Crippen LogP contribution in [-0.4, -0.2) is 81.2 Å². The quantitative estimate of drug-likeness (QED) is 0.339. The number of rotatable bonds is 14. The molecule has 0 aromatic rings. The average molecular weight is 392 g/mol. The second-order valence-electron chi connectivity index (χ2n) is 6.65. The van der Waals surface area contributed by atoms with Crippen LogP contribution in [0.25, 0.3) is 0 Å². The number of nitrogens with zero attached hydrogens (tertiary/aromatic N) is 2. The molecule has 152 valence electrons. The Morgan fingerprint density at radius 1 is 1.31 bits per heavy atom. The first-order valence-corrected chi connectivity index (χ1v) is 10.7. The number of piperidine rings is 1. The van der Waals surface area contributed by atoms with E-state index in [1.807, 2.05) is 6.08 Å². The molecule has 0 amide bonds. The van der Waals surface area contributed by atoms with E-state index in [0.29, 0.717) is 32.5 Å². The SMILES string of the molecule is C=CCN(C)CCCCCCOC1CCN(S(=O)(=O)NCC(=O)O)CC1. The lowest BCUT2D eigenvalue weighted by atomic mass is 10.1. The highest BCUT2D eigenvalue weighted by atomic mass is 32.2. The summed E-state index contributed by atoms with van der Waals surface area (Å²) in [4.78, 5) is 12.7. The van der Waals surface area contributed by atoms with Gasteiger partial charge in [-0.05, 0) is 39.3 Å². The molecule has 8 nitrogen and oxygen atoms in total. The molecule has 0 aromatic carbocycles. The second-order valence-corrected chi connectivity index (χ2v) is 8.41. The lowest BCUT2D eigenvalue weighted by Gasteiger charge is -2.31. The third kappa shape index (κ3) is 9.63. The van der Waals surface area contributed by atoms with Crippen molar-refractivity contribution in [2.24, 2.45) is 0 Å². The van der Waals surface area contributed by atoms with Gasteiger partial charge in [-0.1, -0.05) is 18.9 Å².